The first-order chi connectivity index (χ1) is 11.9. The van der Waals surface area contributed by atoms with Crippen molar-refractivity contribution in [3.63, 3.8) is 0 Å². The fourth-order valence-corrected chi connectivity index (χ4v) is 2.76. The van der Waals surface area contributed by atoms with Crippen molar-refractivity contribution in [1.82, 2.24) is 25.3 Å². The standard InChI is InChI=1S/C18H27ClN6.HI/c1-13(14-6-8-16(19)9-7-14)23-18(20-2)21-11-17(24(3)4)15-10-22-25(5)12-15;/h6-10,12-13,17H,11H2,1-5H3,(H2,20,21,23);1H. The lowest BCUT2D eigenvalue weighted by Gasteiger charge is -2.25. The predicted molar refractivity (Wildman–Crippen MR) is 119 cm³/mol. The number of benzene rings is 1. The molecule has 6 nitrogen and oxygen atoms in total. The Morgan fingerprint density at radius 2 is 1.92 bits per heavy atom. The molecule has 0 fully saturated rings. The Hall–Kier alpha value is -1.32. The van der Waals surface area contributed by atoms with Gasteiger partial charge in [-0.05, 0) is 38.7 Å². The summed E-state index contributed by atoms with van der Waals surface area (Å²) in [5.41, 5.74) is 2.32. The van der Waals surface area contributed by atoms with Gasteiger partial charge in [0, 0.05) is 37.4 Å². The zero-order valence-corrected chi connectivity index (χ0v) is 19.0. The lowest BCUT2D eigenvalue weighted by Crippen LogP contribution is -2.42. The lowest BCUT2D eigenvalue weighted by atomic mass is 10.1. The number of nitrogens with one attached hydrogen (secondary N) is 2. The number of nitrogens with zero attached hydrogens (tertiary/aromatic N) is 4. The highest BCUT2D eigenvalue weighted by molar-refractivity contribution is 14.0. The molecule has 1 aromatic carbocycles. The maximum Gasteiger partial charge on any atom is 0.191 e. The summed E-state index contributed by atoms with van der Waals surface area (Å²) in [6, 6.07) is 8.17. The van der Waals surface area contributed by atoms with Crippen LogP contribution in [0.2, 0.25) is 5.02 Å². The Morgan fingerprint density at radius 3 is 2.42 bits per heavy atom. The smallest absolute Gasteiger partial charge is 0.191 e. The van der Waals surface area contributed by atoms with Crippen molar-refractivity contribution in [1.29, 1.82) is 0 Å². The fraction of sp³-hybridized carbons (Fsp3) is 0.444. The van der Waals surface area contributed by atoms with Gasteiger partial charge in [0.25, 0.3) is 0 Å². The van der Waals surface area contributed by atoms with Crippen LogP contribution in [0.15, 0.2) is 41.7 Å². The van der Waals surface area contributed by atoms with E-state index in [1.54, 1.807) is 7.05 Å². The van der Waals surface area contributed by atoms with Crippen molar-refractivity contribution >= 4 is 41.5 Å². The molecule has 0 aliphatic heterocycles. The first-order valence-corrected chi connectivity index (χ1v) is 8.66. The largest absolute Gasteiger partial charge is 0.354 e. The molecule has 1 heterocycles. The average molecular weight is 491 g/mol. The van der Waals surface area contributed by atoms with E-state index in [4.69, 9.17) is 11.6 Å². The van der Waals surface area contributed by atoms with Crippen LogP contribution in [0.5, 0.6) is 0 Å². The normalized spacial score (nSPS) is 13.9. The van der Waals surface area contributed by atoms with Gasteiger partial charge in [-0.2, -0.15) is 5.10 Å². The molecule has 0 bridgehead atoms. The molecule has 0 saturated carbocycles. The molecule has 0 saturated heterocycles. The Morgan fingerprint density at radius 1 is 1.27 bits per heavy atom. The summed E-state index contributed by atoms with van der Waals surface area (Å²) in [6.07, 6.45) is 3.94. The van der Waals surface area contributed by atoms with Crippen molar-refractivity contribution in [3.8, 4) is 0 Å². The second-order valence-corrected chi connectivity index (χ2v) is 6.73. The van der Waals surface area contributed by atoms with E-state index in [9.17, 15) is 0 Å². The van der Waals surface area contributed by atoms with Crippen molar-refractivity contribution < 1.29 is 0 Å². The molecule has 2 atom stereocenters. The quantitative estimate of drug-likeness (QED) is 0.371. The molecular weight excluding hydrogens is 463 g/mol. The van der Waals surface area contributed by atoms with Gasteiger partial charge in [0.05, 0.1) is 18.3 Å². The van der Waals surface area contributed by atoms with Crippen molar-refractivity contribution in [2.75, 3.05) is 27.7 Å². The first kappa shape index (κ1) is 22.7. The number of likely N-dealkylation sites (N-methyl/N-ethyl adjacent to an activating group) is 1. The zero-order valence-electron chi connectivity index (χ0n) is 15.9. The van der Waals surface area contributed by atoms with Crippen LogP contribution in [0.25, 0.3) is 0 Å². The van der Waals surface area contributed by atoms with Crippen LogP contribution in [0.3, 0.4) is 0 Å². The van der Waals surface area contributed by atoms with Gasteiger partial charge < -0.3 is 15.5 Å². The molecule has 2 unspecified atom stereocenters. The van der Waals surface area contributed by atoms with E-state index in [0.29, 0.717) is 0 Å². The maximum absolute atomic E-state index is 5.96. The molecule has 0 aliphatic rings. The lowest BCUT2D eigenvalue weighted by molar-refractivity contribution is 0.298. The highest BCUT2D eigenvalue weighted by atomic mass is 127. The molecule has 144 valence electrons. The van der Waals surface area contributed by atoms with Crippen LogP contribution < -0.4 is 10.6 Å². The second-order valence-electron chi connectivity index (χ2n) is 6.30. The van der Waals surface area contributed by atoms with E-state index in [1.165, 1.54) is 5.56 Å². The van der Waals surface area contributed by atoms with Gasteiger partial charge >= 0.3 is 0 Å². The summed E-state index contributed by atoms with van der Waals surface area (Å²) in [6.45, 7) is 2.83. The molecule has 0 aliphatic carbocycles. The van der Waals surface area contributed by atoms with Crippen LogP contribution >= 0.6 is 35.6 Å². The number of aliphatic imine (C=N–C) groups is 1. The van der Waals surface area contributed by atoms with Crippen LogP contribution in [-0.4, -0.2) is 48.3 Å². The van der Waals surface area contributed by atoms with Crippen molar-refractivity contribution in [3.05, 3.63) is 52.8 Å². The third-order valence-electron chi connectivity index (χ3n) is 4.14. The number of rotatable bonds is 6. The Balaban J connectivity index is 0.00000338. The number of hydrogen-bond donors (Lipinski definition) is 2. The van der Waals surface area contributed by atoms with Crippen LogP contribution in [-0.2, 0) is 7.05 Å². The molecule has 2 aromatic rings. The summed E-state index contributed by atoms with van der Waals surface area (Å²) in [7, 11) is 7.83. The predicted octanol–water partition coefficient (Wildman–Crippen LogP) is 3.22. The molecular formula is C18H28ClIN6. The number of guanidine groups is 1. The molecule has 0 spiro atoms. The fourth-order valence-electron chi connectivity index (χ4n) is 2.64. The van der Waals surface area contributed by atoms with Gasteiger partial charge in [0.2, 0.25) is 0 Å². The first-order valence-electron chi connectivity index (χ1n) is 8.28. The summed E-state index contributed by atoms with van der Waals surface area (Å²) < 4.78 is 1.82. The van der Waals surface area contributed by atoms with E-state index in [0.717, 1.165) is 23.1 Å². The van der Waals surface area contributed by atoms with Gasteiger partial charge in [-0.1, -0.05) is 23.7 Å². The minimum atomic E-state index is 0. The van der Waals surface area contributed by atoms with Crippen LogP contribution in [0.4, 0.5) is 0 Å². The minimum Gasteiger partial charge on any atom is -0.354 e. The minimum absolute atomic E-state index is 0. The van der Waals surface area contributed by atoms with E-state index in [2.05, 4.69) is 46.6 Å². The van der Waals surface area contributed by atoms with Crippen molar-refractivity contribution in [2.45, 2.75) is 19.0 Å². The number of aryl methyl sites for hydroxylation is 1. The third kappa shape index (κ3) is 6.44. The van der Waals surface area contributed by atoms with Crippen LogP contribution in [0, 0.1) is 0 Å². The summed E-state index contributed by atoms with van der Waals surface area (Å²) in [5.74, 6) is 0.762. The molecule has 0 amide bonds. The van der Waals surface area contributed by atoms with E-state index in [-0.39, 0.29) is 36.1 Å². The maximum atomic E-state index is 5.96. The Labute approximate surface area is 178 Å². The molecule has 8 heteroatoms. The topological polar surface area (TPSA) is 57.5 Å². The number of aromatic nitrogens is 2. The molecule has 2 rings (SSSR count). The highest BCUT2D eigenvalue weighted by Crippen LogP contribution is 2.17. The Bertz CT molecular complexity index is 698. The Kier molecular flexibility index (Phi) is 9.38. The van der Waals surface area contributed by atoms with Crippen molar-refractivity contribution in [2.24, 2.45) is 12.0 Å². The van der Waals surface area contributed by atoms with E-state index >= 15 is 0 Å². The van der Waals surface area contributed by atoms with Gasteiger partial charge in [-0.15, -0.1) is 24.0 Å². The molecule has 0 radical (unpaired) electrons. The van der Waals surface area contributed by atoms with Gasteiger partial charge in [0.1, 0.15) is 0 Å². The van der Waals surface area contributed by atoms with Gasteiger partial charge in [0.15, 0.2) is 5.96 Å². The van der Waals surface area contributed by atoms with E-state index < -0.39 is 0 Å². The molecule has 2 N–H and O–H groups in total. The zero-order chi connectivity index (χ0) is 18.4. The van der Waals surface area contributed by atoms with E-state index in [1.807, 2.05) is 48.4 Å². The summed E-state index contributed by atoms with van der Waals surface area (Å²) in [4.78, 5) is 6.50. The molecule has 26 heavy (non-hydrogen) atoms. The monoisotopic (exact) mass is 490 g/mol. The van der Waals surface area contributed by atoms with Crippen LogP contribution in [0.1, 0.15) is 30.1 Å². The SMILES string of the molecule is CN=C(NCC(c1cnn(C)c1)N(C)C)NC(C)c1ccc(Cl)cc1.I. The van der Waals surface area contributed by atoms with Gasteiger partial charge in [-0.3, -0.25) is 9.67 Å². The second kappa shape index (κ2) is 10.7. The highest BCUT2D eigenvalue weighted by Gasteiger charge is 2.17. The average Bonchev–Trinajstić information content (AvgIpc) is 3.00. The number of halogens is 2. The third-order valence-corrected chi connectivity index (χ3v) is 4.39. The molecule has 1 aromatic heterocycles. The van der Waals surface area contributed by atoms with Gasteiger partial charge in [-0.25, -0.2) is 0 Å². The number of hydrogen-bond acceptors (Lipinski definition) is 3. The summed E-state index contributed by atoms with van der Waals surface area (Å²) in [5, 5.41) is 11.8. The summed E-state index contributed by atoms with van der Waals surface area (Å²) >= 11 is 5.96.